The fourth-order valence-electron chi connectivity index (χ4n) is 3.49. The molecule has 0 bridgehead atoms. The van der Waals surface area contributed by atoms with Crippen molar-refractivity contribution in [2.24, 2.45) is 0 Å². The molecule has 5 nitrogen and oxygen atoms in total. The van der Waals surface area contributed by atoms with Crippen molar-refractivity contribution in [1.82, 2.24) is 19.6 Å². The zero-order valence-corrected chi connectivity index (χ0v) is 15.1. The van der Waals surface area contributed by atoms with Gasteiger partial charge in [0.05, 0.1) is 5.69 Å². The highest BCUT2D eigenvalue weighted by molar-refractivity contribution is 5.92. The second-order valence-corrected chi connectivity index (χ2v) is 7.20. The van der Waals surface area contributed by atoms with Crippen LogP contribution in [0.4, 0.5) is 0 Å². The third kappa shape index (κ3) is 3.33. The molecule has 25 heavy (non-hydrogen) atoms. The van der Waals surface area contributed by atoms with Crippen LogP contribution in [0.1, 0.15) is 47.4 Å². The molecule has 2 aliphatic rings. The number of hydrogen-bond acceptors (Lipinski definition) is 3. The molecular weight excluding hydrogens is 312 g/mol. The highest BCUT2D eigenvalue weighted by Crippen LogP contribution is 2.41. The second kappa shape index (κ2) is 6.64. The van der Waals surface area contributed by atoms with E-state index in [1.165, 1.54) is 24.1 Å². The van der Waals surface area contributed by atoms with E-state index in [4.69, 9.17) is 5.10 Å². The highest BCUT2D eigenvalue weighted by Gasteiger charge is 2.31. The molecule has 2 fully saturated rings. The minimum atomic E-state index is 0.0727. The highest BCUT2D eigenvalue weighted by atomic mass is 16.2. The van der Waals surface area contributed by atoms with Crippen LogP contribution < -0.4 is 0 Å². The summed E-state index contributed by atoms with van der Waals surface area (Å²) in [5.41, 5.74) is 4.04. The normalized spacial score (nSPS) is 18.6. The van der Waals surface area contributed by atoms with Crippen LogP contribution in [0.5, 0.6) is 0 Å². The average molecular weight is 338 g/mol. The molecule has 0 atom stereocenters. The lowest BCUT2D eigenvalue weighted by atomic mass is 10.2. The number of likely N-dealkylation sites (N-methyl/N-ethyl adjacent to an activating group) is 1. The number of piperazine rings is 1. The Morgan fingerprint density at radius 2 is 1.80 bits per heavy atom. The molecule has 5 heteroatoms. The molecule has 1 saturated heterocycles. The Kier molecular flexibility index (Phi) is 4.34. The zero-order valence-electron chi connectivity index (χ0n) is 15.1. The van der Waals surface area contributed by atoms with Crippen molar-refractivity contribution in [1.29, 1.82) is 0 Å². The summed E-state index contributed by atoms with van der Waals surface area (Å²) in [7, 11) is 0. The molecule has 132 valence electrons. The summed E-state index contributed by atoms with van der Waals surface area (Å²) < 4.78 is 1.98. The topological polar surface area (TPSA) is 41.4 Å². The standard InChI is InChI=1S/C20H26N4O/c1-3-22-10-12-23(13-11-22)20(25)18-14-19(16-6-7-16)24(21-18)17-8-4-15(2)5-9-17/h4-5,8-9,14,16H,3,6-7,10-13H2,1-2H3. The first-order chi connectivity index (χ1) is 12.2. The van der Waals surface area contributed by atoms with Crippen molar-refractivity contribution in [3.05, 3.63) is 47.3 Å². The molecule has 0 unspecified atom stereocenters. The van der Waals surface area contributed by atoms with E-state index in [9.17, 15) is 4.79 Å². The molecule has 1 saturated carbocycles. The van der Waals surface area contributed by atoms with Gasteiger partial charge in [-0.3, -0.25) is 4.79 Å². The van der Waals surface area contributed by atoms with Crippen molar-refractivity contribution >= 4 is 5.91 Å². The monoisotopic (exact) mass is 338 g/mol. The van der Waals surface area contributed by atoms with E-state index in [2.05, 4.69) is 43.0 Å². The van der Waals surface area contributed by atoms with E-state index in [-0.39, 0.29) is 5.91 Å². The van der Waals surface area contributed by atoms with Gasteiger partial charge in [-0.25, -0.2) is 4.68 Å². The third-order valence-corrected chi connectivity index (χ3v) is 5.34. The van der Waals surface area contributed by atoms with Gasteiger partial charge in [0.15, 0.2) is 5.69 Å². The summed E-state index contributed by atoms with van der Waals surface area (Å²) in [6.07, 6.45) is 2.39. The molecule has 0 radical (unpaired) electrons. The molecular formula is C20H26N4O. The lowest BCUT2D eigenvalue weighted by Crippen LogP contribution is -2.48. The van der Waals surface area contributed by atoms with Gasteiger partial charge in [0, 0.05) is 37.8 Å². The largest absolute Gasteiger partial charge is 0.335 e. The van der Waals surface area contributed by atoms with Crippen LogP contribution in [0.3, 0.4) is 0 Å². The van der Waals surface area contributed by atoms with Gasteiger partial charge in [-0.1, -0.05) is 24.6 Å². The summed E-state index contributed by atoms with van der Waals surface area (Å²) in [5, 5.41) is 4.70. The number of aromatic nitrogens is 2. The predicted octanol–water partition coefficient (Wildman–Crippen LogP) is 2.84. The third-order valence-electron chi connectivity index (χ3n) is 5.34. The Hall–Kier alpha value is -2.14. The van der Waals surface area contributed by atoms with Gasteiger partial charge >= 0.3 is 0 Å². The fourth-order valence-corrected chi connectivity index (χ4v) is 3.49. The Labute approximate surface area is 149 Å². The summed E-state index contributed by atoms with van der Waals surface area (Å²) in [5.74, 6) is 0.621. The van der Waals surface area contributed by atoms with E-state index in [1.54, 1.807) is 0 Å². The molecule has 1 aliphatic carbocycles. The smallest absolute Gasteiger partial charge is 0.274 e. The van der Waals surface area contributed by atoms with Crippen molar-refractivity contribution < 1.29 is 4.79 Å². The molecule has 1 amide bonds. The first-order valence-electron chi connectivity index (χ1n) is 9.34. The van der Waals surface area contributed by atoms with Gasteiger partial charge in [-0.2, -0.15) is 5.10 Å². The first kappa shape index (κ1) is 16.3. The summed E-state index contributed by atoms with van der Waals surface area (Å²) >= 11 is 0. The Balaban J connectivity index is 1.59. The molecule has 0 N–H and O–H groups in total. The first-order valence-corrected chi connectivity index (χ1v) is 9.34. The second-order valence-electron chi connectivity index (χ2n) is 7.20. The molecule has 4 rings (SSSR count). The van der Waals surface area contributed by atoms with Gasteiger partial charge in [0.1, 0.15) is 0 Å². The predicted molar refractivity (Wildman–Crippen MR) is 98.3 cm³/mol. The quantitative estimate of drug-likeness (QED) is 0.861. The minimum Gasteiger partial charge on any atom is -0.335 e. The van der Waals surface area contributed by atoms with E-state index in [0.717, 1.165) is 38.4 Å². The fraction of sp³-hybridized carbons (Fsp3) is 0.500. The number of hydrogen-bond donors (Lipinski definition) is 0. The number of carbonyl (C=O) groups is 1. The maximum Gasteiger partial charge on any atom is 0.274 e. The van der Waals surface area contributed by atoms with Crippen LogP contribution in [0.25, 0.3) is 5.69 Å². The van der Waals surface area contributed by atoms with Crippen molar-refractivity contribution in [2.45, 2.75) is 32.6 Å². The zero-order chi connectivity index (χ0) is 17.4. The lowest BCUT2D eigenvalue weighted by molar-refractivity contribution is 0.0637. The number of carbonyl (C=O) groups excluding carboxylic acids is 1. The summed E-state index contributed by atoms with van der Waals surface area (Å²) in [6, 6.07) is 10.4. The maximum absolute atomic E-state index is 12.9. The minimum absolute atomic E-state index is 0.0727. The molecule has 1 aromatic heterocycles. The van der Waals surface area contributed by atoms with Crippen LogP contribution in [0, 0.1) is 6.92 Å². The van der Waals surface area contributed by atoms with Gasteiger partial charge in [-0.15, -0.1) is 0 Å². The van der Waals surface area contributed by atoms with Crippen LogP contribution in [0.15, 0.2) is 30.3 Å². The number of benzene rings is 1. The number of nitrogens with zero attached hydrogens (tertiary/aromatic N) is 4. The van der Waals surface area contributed by atoms with Crippen LogP contribution >= 0.6 is 0 Å². The van der Waals surface area contributed by atoms with Crippen molar-refractivity contribution in [3.8, 4) is 5.69 Å². The number of rotatable bonds is 4. The Morgan fingerprint density at radius 1 is 1.12 bits per heavy atom. The molecule has 0 spiro atoms. The summed E-state index contributed by atoms with van der Waals surface area (Å²) in [6.45, 7) is 8.80. The maximum atomic E-state index is 12.9. The Morgan fingerprint density at radius 3 is 2.40 bits per heavy atom. The van der Waals surface area contributed by atoms with Gasteiger partial charge in [-0.05, 0) is 44.5 Å². The van der Waals surface area contributed by atoms with Crippen LogP contribution in [-0.4, -0.2) is 58.2 Å². The van der Waals surface area contributed by atoms with Crippen molar-refractivity contribution in [3.63, 3.8) is 0 Å². The van der Waals surface area contributed by atoms with Crippen LogP contribution in [-0.2, 0) is 0 Å². The SMILES string of the molecule is CCN1CCN(C(=O)c2cc(C3CC3)n(-c3ccc(C)cc3)n2)CC1. The number of aryl methyl sites for hydroxylation is 1. The van der Waals surface area contributed by atoms with E-state index < -0.39 is 0 Å². The van der Waals surface area contributed by atoms with Gasteiger partial charge in [0.25, 0.3) is 5.91 Å². The number of amides is 1. The molecule has 1 aliphatic heterocycles. The van der Waals surface area contributed by atoms with Gasteiger partial charge < -0.3 is 9.80 Å². The van der Waals surface area contributed by atoms with E-state index >= 15 is 0 Å². The van der Waals surface area contributed by atoms with Crippen LogP contribution in [0.2, 0.25) is 0 Å². The average Bonchev–Trinajstić information content (AvgIpc) is 3.40. The van der Waals surface area contributed by atoms with Gasteiger partial charge in [0.2, 0.25) is 0 Å². The van der Waals surface area contributed by atoms with E-state index in [0.29, 0.717) is 11.6 Å². The Bertz CT molecular complexity index is 753. The van der Waals surface area contributed by atoms with E-state index in [1.807, 2.05) is 15.6 Å². The lowest BCUT2D eigenvalue weighted by Gasteiger charge is -2.33. The van der Waals surface area contributed by atoms with Crippen molar-refractivity contribution in [2.75, 3.05) is 32.7 Å². The molecule has 1 aromatic carbocycles. The molecule has 2 heterocycles. The summed E-state index contributed by atoms with van der Waals surface area (Å²) in [4.78, 5) is 17.2. The molecule has 2 aromatic rings.